The van der Waals surface area contributed by atoms with Gasteiger partial charge in [0.2, 0.25) is 0 Å². The van der Waals surface area contributed by atoms with Crippen molar-refractivity contribution >= 4 is 5.82 Å². The summed E-state index contributed by atoms with van der Waals surface area (Å²) in [6.45, 7) is 5.62. The number of likely N-dealkylation sites (tertiary alicyclic amines) is 1. The van der Waals surface area contributed by atoms with E-state index in [1.807, 2.05) is 19.4 Å². The van der Waals surface area contributed by atoms with Gasteiger partial charge in [-0.2, -0.15) is 0 Å². The van der Waals surface area contributed by atoms with Gasteiger partial charge in [-0.1, -0.05) is 6.42 Å². The van der Waals surface area contributed by atoms with Gasteiger partial charge in [0.1, 0.15) is 5.82 Å². The van der Waals surface area contributed by atoms with Crippen molar-refractivity contribution in [2.45, 2.75) is 44.7 Å². The Morgan fingerprint density at radius 2 is 1.81 bits per heavy atom. The molecule has 0 radical (unpaired) electrons. The molecule has 0 bridgehead atoms. The molecule has 2 saturated heterocycles. The molecule has 0 atom stereocenters. The van der Waals surface area contributed by atoms with Crippen molar-refractivity contribution in [1.29, 1.82) is 0 Å². The number of hydrogen-bond donors (Lipinski definition) is 1. The Hall–Kier alpha value is -1.20. The zero-order valence-electron chi connectivity index (χ0n) is 13.1. The highest BCUT2D eigenvalue weighted by atomic mass is 15.2. The van der Waals surface area contributed by atoms with Crippen LogP contribution in [0.15, 0.2) is 12.4 Å². The highest BCUT2D eigenvalue weighted by Gasteiger charge is 2.26. The minimum Gasteiger partial charge on any atom is -0.355 e. The van der Waals surface area contributed by atoms with Crippen molar-refractivity contribution in [2.75, 3.05) is 38.1 Å². The van der Waals surface area contributed by atoms with Gasteiger partial charge in [0.15, 0.2) is 0 Å². The van der Waals surface area contributed by atoms with Crippen LogP contribution in [-0.4, -0.2) is 54.1 Å². The van der Waals surface area contributed by atoms with Gasteiger partial charge in [-0.05, 0) is 45.8 Å². The number of nitrogens with one attached hydrogen (secondary N) is 1. The molecule has 0 aliphatic carbocycles. The molecule has 2 aliphatic rings. The Balaban J connectivity index is 1.52. The average molecular weight is 289 g/mol. The molecule has 5 heteroatoms. The Labute approximate surface area is 127 Å². The first-order valence-corrected chi connectivity index (χ1v) is 8.31. The van der Waals surface area contributed by atoms with Crippen LogP contribution in [-0.2, 0) is 6.54 Å². The van der Waals surface area contributed by atoms with Crippen LogP contribution in [0.4, 0.5) is 5.82 Å². The molecule has 0 amide bonds. The van der Waals surface area contributed by atoms with Crippen molar-refractivity contribution in [2.24, 2.45) is 0 Å². The number of piperidine rings is 2. The minimum atomic E-state index is 0.782. The van der Waals surface area contributed by atoms with Crippen LogP contribution in [0.25, 0.3) is 0 Å². The smallest absolute Gasteiger partial charge is 0.147 e. The maximum absolute atomic E-state index is 4.57. The maximum Gasteiger partial charge on any atom is 0.147 e. The summed E-state index contributed by atoms with van der Waals surface area (Å²) >= 11 is 0. The quantitative estimate of drug-likeness (QED) is 0.913. The summed E-state index contributed by atoms with van der Waals surface area (Å²) in [5, 5.41) is 3.10. The molecule has 5 nitrogen and oxygen atoms in total. The molecule has 2 aliphatic heterocycles. The van der Waals surface area contributed by atoms with E-state index >= 15 is 0 Å². The molecule has 3 heterocycles. The summed E-state index contributed by atoms with van der Waals surface area (Å²) in [7, 11) is 1.93. The van der Waals surface area contributed by atoms with Crippen LogP contribution in [0.1, 0.15) is 37.8 Å². The first-order valence-electron chi connectivity index (χ1n) is 8.31. The lowest BCUT2D eigenvalue weighted by Crippen LogP contribution is -2.47. The van der Waals surface area contributed by atoms with E-state index in [9.17, 15) is 0 Å². The number of nitrogens with zero attached hydrogens (tertiary/aromatic N) is 4. The zero-order valence-corrected chi connectivity index (χ0v) is 13.1. The predicted octanol–water partition coefficient (Wildman–Crippen LogP) is 1.65. The van der Waals surface area contributed by atoms with Gasteiger partial charge in [-0.15, -0.1) is 0 Å². The monoisotopic (exact) mass is 289 g/mol. The van der Waals surface area contributed by atoms with E-state index in [2.05, 4.69) is 25.1 Å². The van der Waals surface area contributed by atoms with Gasteiger partial charge < -0.3 is 15.1 Å². The molecule has 2 fully saturated rings. The molecule has 0 spiro atoms. The molecule has 1 N–H and O–H groups in total. The number of hydrogen-bond acceptors (Lipinski definition) is 5. The molecule has 1 aromatic heterocycles. The lowest BCUT2D eigenvalue weighted by atomic mass is 10.00. The summed E-state index contributed by atoms with van der Waals surface area (Å²) in [6.07, 6.45) is 10.5. The Morgan fingerprint density at radius 3 is 2.43 bits per heavy atom. The van der Waals surface area contributed by atoms with E-state index < -0.39 is 0 Å². The van der Waals surface area contributed by atoms with Gasteiger partial charge in [-0.3, -0.25) is 4.98 Å². The van der Waals surface area contributed by atoms with E-state index in [0.717, 1.165) is 37.2 Å². The fourth-order valence-electron chi connectivity index (χ4n) is 3.53. The normalized spacial score (nSPS) is 21.7. The Kier molecular flexibility index (Phi) is 5.04. The molecule has 1 aromatic rings. The number of aromatic nitrogens is 2. The first kappa shape index (κ1) is 14.7. The van der Waals surface area contributed by atoms with E-state index in [4.69, 9.17) is 0 Å². The van der Waals surface area contributed by atoms with E-state index in [0.29, 0.717) is 0 Å². The van der Waals surface area contributed by atoms with Crippen molar-refractivity contribution in [3.8, 4) is 0 Å². The molecule has 0 aromatic carbocycles. The fraction of sp³-hybridized carbons (Fsp3) is 0.750. The SMILES string of the molecule is CNCc1cnc(N2CCC(N3CCCCC3)CC2)cn1. The van der Waals surface area contributed by atoms with E-state index in [-0.39, 0.29) is 0 Å². The molecule has 0 saturated carbocycles. The minimum absolute atomic E-state index is 0.782. The van der Waals surface area contributed by atoms with Gasteiger partial charge in [-0.25, -0.2) is 4.98 Å². The van der Waals surface area contributed by atoms with E-state index in [1.165, 1.54) is 45.2 Å². The molecule has 116 valence electrons. The first-order chi connectivity index (χ1) is 10.4. The summed E-state index contributed by atoms with van der Waals surface area (Å²) in [5.41, 5.74) is 1.00. The summed E-state index contributed by atoms with van der Waals surface area (Å²) in [6, 6.07) is 0.790. The van der Waals surface area contributed by atoms with Gasteiger partial charge >= 0.3 is 0 Å². The average Bonchev–Trinajstić information content (AvgIpc) is 2.57. The maximum atomic E-state index is 4.57. The second-order valence-corrected chi connectivity index (χ2v) is 6.21. The van der Waals surface area contributed by atoms with Gasteiger partial charge in [0, 0.05) is 25.7 Å². The summed E-state index contributed by atoms with van der Waals surface area (Å²) < 4.78 is 0. The Morgan fingerprint density at radius 1 is 1.05 bits per heavy atom. The van der Waals surface area contributed by atoms with E-state index in [1.54, 1.807) is 0 Å². The van der Waals surface area contributed by atoms with Crippen LogP contribution in [0.5, 0.6) is 0 Å². The van der Waals surface area contributed by atoms with Gasteiger partial charge in [0.25, 0.3) is 0 Å². The van der Waals surface area contributed by atoms with Crippen LogP contribution in [0.2, 0.25) is 0 Å². The van der Waals surface area contributed by atoms with Crippen LogP contribution < -0.4 is 10.2 Å². The van der Waals surface area contributed by atoms with Crippen molar-refractivity contribution < 1.29 is 0 Å². The lowest BCUT2D eigenvalue weighted by Gasteiger charge is -2.40. The second-order valence-electron chi connectivity index (χ2n) is 6.21. The fourth-order valence-corrected chi connectivity index (χ4v) is 3.53. The largest absolute Gasteiger partial charge is 0.355 e. The number of anilines is 1. The topological polar surface area (TPSA) is 44.3 Å². The van der Waals surface area contributed by atoms with Crippen molar-refractivity contribution in [3.63, 3.8) is 0 Å². The standard InChI is InChI=1S/C16H27N5/c1-17-11-14-12-19-16(13-18-14)21-9-5-15(6-10-21)20-7-3-2-4-8-20/h12-13,15,17H,2-11H2,1H3. The third-order valence-electron chi connectivity index (χ3n) is 4.75. The molecule has 21 heavy (non-hydrogen) atoms. The summed E-state index contributed by atoms with van der Waals surface area (Å²) in [4.78, 5) is 14.1. The molecular weight excluding hydrogens is 262 g/mol. The van der Waals surface area contributed by atoms with Crippen molar-refractivity contribution in [1.82, 2.24) is 20.2 Å². The van der Waals surface area contributed by atoms with Crippen LogP contribution >= 0.6 is 0 Å². The van der Waals surface area contributed by atoms with Gasteiger partial charge in [0.05, 0.1) is 18.1 Å². The number of rotatable bonds is 4. The second kappa shape index (κ2) is 7.18. The highest BCUT2D eigenvalue weighted by Crippen LogP contribution is 2.23. The third kappa shape index (κ3) is 3.71. The molecule has 3 rings (SSSR count). The predicted molar refractivity (Wildman–Crippen MR) is 85.5 cm³/mol. The third-order valence-corrected chi connectivity index (χ3v) is 4.75. The molecular formula is C16H27N5. The zero-order chi connectivity index (χ0) is 14.5. The Bertz CT molecular complexity index is 419. The van der Waals surface area contributed by atoms with Crippen molar-refractivity contribution in [3.05, 3.63) is 18.1 Å². The molecule has 0 unspecified atom stereocenters. The summed E-state index contributed by atoms with van der Waals surface area (Å²) in [5.74, 6) is 1.03. The lowest BCUT2D eigenvalue weighted by molar-refractivity contribution is 0.141. The highest BCUT2D eigenvalue weighted by molar-refractivity contribution is 5.36. The van der Waals surface area contributed by atoms with Crippen LogP contribution in [0, 0.1) is 0 Å². The van der Waals surface area contributed by atoms with Crippen LogP contribution in [0.3, 0.4) is 0 Å².